The zero-order chi connectivity index (χ0) is 25.3. The summed E-state index contributed by atoms with van der Waals surface area (Å²) in [4.78, 5) is 29.1. The summed E-state index contributed by atoms with van der Waals surface area (Å²) in [6, 6.07) is 2.64. The Balaban J connectivity index is 3.62. The van der Waals surface area contributed by atoms with Crippen molar-refractivity contribution in [2.24, 2.45) is 4.99 Å². The molecule has 2 atom stereocenters. The van der Waals surface area contributed by atoms with Crippen LogP contribution in [0.2, 0.25) is 0 Å². The van der Waals surface area contributed by atoms with E-state index in [4.69, 9.17) is 0 Å². The summed E-state index contributed by atoms with van der Waals surface area (Å²) in [6.07, 6.45) is 1.22. The molecule has 0 aliphatic heterocycles. The van der Waals surface area contributed by atoms with Crippen molar-refractivity contribution in [3.63, 3.8) is 0 Å². The summed E-state index contributed by atoms with van der Waals surface area (Å²) in [5.74, 6) is -0.635. The van der Waals surface area contributed by atoms with Crippen LogP contribution in [-0.2, 0) is 20.4 Å². The Bertz CT molecular complexity index is 879. The number of hydrogen-bond donors (Lipinski definition) is 3. The fraction of sp³-hybridized carbons (Fsp3) is 0.654. The summed E-state index contributed by atoms with van der Waals surface area (Å²) < 4.78 is 0. The fourth-order valence-corrected chi connectivity index (χ4v) is 3.46. The Morgan fingerprint density at radius 1 is 1.00 bits per heavy atom. The average molecular weight is 447 g/mol. The second kappa shape index (κ2) is 9.34. The van der Waals surface area contributed by atoms with Crippen molar-refractivity contribution in [1.82, 2.24) is 5.32 Å². The lowest BCUT2D eigenvalue weighted by atomic mass is 9.79. The molecule has 0 saturated carbocycles. The number of benzene rings is 1. The highest BCUT2D eigenvalue weighted by molar-refractivity contribution is 5.91. The number of rotatable bonds is 6. The van der Waals surface area contributed by atoms with Crippen molar-refractivity contribution in [2.75, 3.05) is 0 Å². The van der Waals surface area contributed by atoms with E-state index in [1.807, 2.05) is 53.7 Å². The molecule has 6 heteroatoms. The average Bonchev–Trinajstić information content (AvgIpc) is 2.50. The third kappa shape index (κ3) is 7.73. The maximum atomic E-state index is 13.0. The van der Waals surface area contributed by atoms with Gasteiger partial charge in [0.1, 0.15) is 17.1 Å². The lowest BCUT2D eigenvalue weighted by Gasteiger charge is -2.31. The normalized spacial score (nSPS) is 16.0. The van der Waals surface area contributed by atoms with Crippen molar-refractivity contribution < 1.29 is 19.8 Å². The predicted octanol–water partition coefficient (Wildman–Crippen LogP) is 4.42. The van der Waals surface area contributed by atoms with Crippen LogP contribution < -0.4 is 5.32 Å². The van der Waals surface area contributed by atoms with E-state index in [1.54, 1.807) is 0 Å². The van der Waals surface area contributed by atoms with Gasteiger partial charge in [-0.1, -0.05) is 47.6 Å². The molecular weight excluding hydrogens is 404 g/mol. The number of ketones is 1. The van der Waals surface area contributed by atoms with E-state index < -0.39 is 23.1 Å². The van der Waals surface area contributed by atoms with Crippen molar-refractivity contribution >= 4 is 17.9 Å². The van der Waals surface area contributed by atoms with Crippen LogP contribution in [0, 0.1) is 0 Å². The van der Waals surface area contributed by atoms with Crippen LogP contribution in [0.1, 0.15) is 99.3 Å². The molecule has 1 rings (SSSR count). The van der Waals surface area contributed by atoms with E-state index in [1.165, 1.54) is 20.1 Å². The molecule has 0 bridgehead atoms. The van der Waals surface area contributed by atoms with Crippen LogP contribution in [0.5, 0.6) is 5.75 Å². The molecule has 0 spiro atoms. The van der Waals surface area contributed by atoms with Crippen LogP contribution >= 0.6 is 0 Å². The molecule has 1 aromatic rings. The summed E-state index contributed by atoms with van der Waals surface area (Å²) in [5, 5.41) is 24.8. The van der Waals surface area contributed by atoms with Gasteiger partial charge in [0.25, 0.3) is 0 Å². The number of carbonyl (C=O) groups is 2. The van der Waals surface area contributed by atoms with Gasteiger partial charge >= 0.3 is 0 Å². The van der Waals surface area contributed by atoms with Gasteiger partial charge in [-0.25, -0.2) is 0 Å². The molecule has 0 heterocycles. The summed E-state index contributed by atoms with van der Waals surface area (Å²) in [7, 11) is 0. The summed E-state index contributed by atoms with van der Waals surface area (Å²) >= 11 is 0. The summed E-state index contributed by atoms with van der Waals surface area (Å²) in [6.45, 7) is 20.6. The quantitative estimate of drug-likeness (QED) is 0.563. The van der Waals surface area contributed by atoms with Crippen LogP contribution in [0.25, 0.3) is 0 Å². The Hall–Kier alpha value is -2.21. The molecule has 0 aromatic heterocycles. The van der Waals surface area contributed by atoms with Crippen molar-refractivity contribution in [3.05, 3.63) is 28.8 Å². The number of Topliss-reactive ketones (excluding diaryl/α,β-unsaturated/α-hetero) is 1. The lowest BCUT2D eigenvalue weighted by Crippen LogP contribution is -2.53. The molecule has 0 aliphatic carbocycles. The van der Waals surface area contributed by atoms with Gasteiger partial charge in [-0.3, -0.25) is 14.6 Å². The lowest BCUT2D eigenvalue weighted by molar-refractivity contribution is -0.131. The third-order valence-corrected chi connectivity index (χ3v) is 5.12. The maximum absolute atomic E-state index is 13.0. The molecule has 3 N–H and O–H groups in total. The Labute approximate surface area is 193 Å². The number of aliphatic imine (C=N–C) groups is 1. The first-order chi connectivity index (χ1) is 14.1. The van der Waals surface area contributed by atoms with E-state index in [0.29, 0.717) is 5.56 Å². The molecule has 0 aliphatic rings. The second-order valence-electron chi connectivity index (χ2n) is 12.1. The van der Waals surface area contributed by atoms with Gasteiger partial charge < -0.3 is 15.5 Å². The molecule has 1 amide bonds. The van der Waals surface area contributed by atoms with Crippen molar-refractivity contribution in [2.45, 2.75) is 111 Å². The van der Waals surface area contributed by atoms with E-state index in [-0.39, 0.29) is 28.8 Å². The minimum Gasteiger partial charge on any atom is -0.507 e. The number of nitrogens with zero attached hydrogens (tertiary/aromatic N) is 1. The highest BCUT2D eigenvalue weighted by Crippen LogP contribution is 2.37. The topological polar surface area (TPSA) is 99.0 Å². The van der Waals surface area contributed by atoms with E-state index in [2.05, 4.69) is 31.1 Å². The Kier molecular flexibility index (Phi) is 8.12. The molecular formula is C26H42N2O4. The van der Waals surface area contributed by atoms with Gasteiger partial charge in [-0.05, 0) is 57.1 Å². The first-order valence-electron chi connectivity index (χ1n) is 11.1. The van der Waals surface area contributed by atoms with Crippen molar-refractivity contribution in [3.8, 4) is 5.75 Å². The molecule has 1 aromatic carbocycles. The fourth-order valence-electron chi connectivity index (χ4n) is 3.46. The molecule has 6 nitrogen and oxygen atoms in total. The SMILES string of the molecule is CC(=O)CC(C)(O)C(N=Cc1cc(C(C)(C)C)cc(C(C)(C)C)c1O)C(=O)NC(C)(C)C. The zero-order valence-corrected chi connectivity index (χ0v) is 21.7. The van der Waals surface area contributed by atoms with E-state index >= 15 is 0 Å². The molecule has 2 unspecified atom stereocenters. The number of phenols is 1. The first kappa shape index (κ1) is 27.8. The van der Waals surface area contributed by atoms with Gasteiger partial charge in [0, 0.05) is 29.3 Å². The van der Waals surface area contributed by atoms with Gasteiger partial charge in [-0.15, -0.1) is 0 Å². The summed E-state index contributed by atoms with van der Waals surface area (Å²) in [5.41, 5.74) is -0.427. The van der Waals surface area contributed by atoms with Crippen LogP contribution in [-0.4, -0.2) is 45.3 Å². The number of nitrogens with one attached hydrogen (secondary N) is 1. The van der Waals surface area contributed by atoms with Gasteiger partial charge in [0.15, 0.2) is 6.04 Å². The molecule has 0 saturated heterocycles. The highest BCUT2D eigenvalue weighted by Gasteiger charge is 2.39. The second-order valence-corrected chi connectivity index (χ2v) is 12.1. The number of hydrogen-bond acceptors (Lipinski definition) is 5. The minimum atomic E-state index is -1.68. The van der Waals surface area contributed by atoms with Crippen LogP contribution in [0.3, 0.4) is 0 Å². The smallest absolute Gasteiger partial charge is 0.248 e. The largest absolute Gasteiger partial charge is 0.507 e. The third-order valence-electron chi connectivity index (χ3n) is 5.12. The maximum Gasteiger partial charge on any atom is 0.248 e. The molecule has 0 radical (unpaired) electrons. The number of amides is 1. The number of carbonyl (C=O) groups excluding carboxylic acids is 2. The minimum absolute atomic E-state index is 0.0930. The molecule has 180 valence electrons. The Morgan fingerprint density at radius 3 is 1.94 bits per heavy atom. The first-order valence-corrected chi connectivity index (χ1v) is 11.1. The molecule has 32 heavy (non-hydrogen) atoms. The van der Waals surface area contributed by atoms with Gasteiger partial charge in [0.2, 0.25) is 5.91 Å². The van der Waals surface area contributed by atoms with Crippen LogP contribution in [0.15, 0.2) is 17.1 Å². The Morgan fingerprint density at radius 2 is 1.53 bits per heavy atom. The van der Waals surface area contributed by atoms with E-state index in [0.717, 1.165) is 11.1 Å². The number of aromatic hydroxyl groups is 1. The predicted molar refractivity (Wildman–Crippen MR) is 131 cm³/mol. The van der Waals surface area contributed by atoms with Crippen molar-refractivity contribution in [1.29, 1.82) is 0 Å². The standard InChI is InChI=1S/C26H42N2O4/c1-16(29)14-26(11,32)21(22(31)28-25(8,9)10)27-15-17-12-18(23(2,3)4)13-19(20(17)30)24(5,6)7/h12-13,15,21,30,32H,14H2,1-11H3,(H,28,31). The van der Waals surface area contributed by atoms with E-state index in [9.17, 15) is 19.8 Å². The van der Waals surface area contributed by atoms with Crippen LogP contribution in [0.4, 0.5) is 0 Å². The molecule has 0 fully saturated rings. The highest BCUT2D eigenvalue weighted by atomic mass is 16.3. The van der Waals surface area contributed by atoms with Gasteiger partial charge in [0.05, 0.1) is 0 Å². The monoisotopic (exact) mass is 446 g/mol. The number of phenolic OH excluding ortho intramolecular Hbond substituents is 1. The zero-order valence-electron chi connectivity index (χ0n) is 21.7. The number of aliphatic hydroxyl groups is 1. The van der Waals surface area contributed by atoms with Gasteiger partial charge in [-0.2, -0.15) is 0 Å².